The van der Waals surface area contributed by atoms with Crippen LogP contribution in [0.4, 0.5) is 4.39 Å². The van der Waals surface area contributed by atoms with Gasteiger partial charge in [-0.2, -0.15) is 0 Å². The van der Waals surface area contributed by atoms with Gasteiger partial charge in [0.1, 0.15) is 5.82 Å². The summed E-state index contributed by atoms with van der Waals surface area (Å²) < 4.78 is 20.5. The first-order valence-electron chi connectivity index (χ1n) is 21.4. The molecule has 11 aromatic rings. The molecule has 8 aromatic carbocycles. The number of rotatable bonds is 7. The van der Waals surface area contributed by atoms with E-state index in [1.54, 1.807) is 6.07 Å². The normalized spacial score (nSPS) is 12.7. The van der Waals surface area contributed by atoms with Crippen LogP contribution in [0.25, 0.3) is 106 Å². The summed E-state index contributed by atoms with van der Waals surface area (Å²) in [5, 5.41) is 4.72. The van der Waals surface area contributed by atoms with Gasteiger partial charge in [0.05, 0.1) is 22.1 Å². The summed E-state index contributed by atoms with van der Waals surface area (Å²) >= 11 is 0. The zero-order valence-electron chi connectivity index (χ0n) is 34.2. The van der Waals surface area contributed by atoms with E-state index in [9.17, 15) is 0 Å². The largest absolute Gasteiger partial charge is 0.309 e. The van der Waals surface area contributed by atoms with Crippen molar-refractivity contribution in [2.24, 2.45) is 0 Å². The van der Waals surface area contributed by atoms with Gasteiger partial charge in [0.2, 0.25) is 0 Å². The maximum Gasteiger partial charge on any atom is 0.164 e. The minimum Gasteiger partial charge on any atom is -0.309 e. The molecule has 0 unspecified atom stereocenters. The number of nitrogens with zero attached hydrogens (tertiary/aromatic N) is 5. The lowest BCUT2D eigenvalue weighted by Crippen LogP contribution is -2.03. The maximum atomic E-state index is 15.8. The molecule has 12 rings (SSSR count). The van der Waals surface area contributed by atoms with Crippen molar-refractivity contribution in [2.45, 2.75) is 12.8 Å². The molecule has 1 aliphatic rings. The van der Waals surface area contributed by atoms with Gasteiger partial charge in [0.25, 0.3) is 0 Å². The van der Waals surface area contributed by atoms with Gasteiger partial charge in [-0.3, -0.25) is 0 Å². The molecular formula is C57H38FN5. The molecule has 0 amide bonds. The molecule has 1 aliphatic carbocycles. The van der Waals surface area contributed by atoms with Crippen LogP contribution in [0.15, 0.2) is 206 Å². The molecule has 0 saturated heterocycles. The predicted molar refractivity (Wildman–Crippen MR) is 257 cm³/mol. The number of aromatic nitrogens is 5. The van der Waals surface area contributed by atoms with Crippen LogP contribution < -0.4 is 0 Å². The van der Waals surface area contributed by atoms with E-state index in [4.69, 9.17) is 15.0 Å². The Hall–Kier alpha value is -8.22. The third-order valence-corrected chi connectivity index (χ3v) is 12.2. The second kappa shape index (κ2) is 15.0. The van der Waals surface area contributed by atoms with Crippen LogP contribution in [0, 0.1) is 5.82 Å². The fourth-order valence-electron chi connectivity index (χ4n) is 9.25. The Morgan fingerprint density at radius 2 is 0.921 bits per heavy atom. The van der Waals surface area contributed by atoms with E-state index >= 15 is 4.39 Å². The smallest absolute Gasteiger partial charge is 0.164 e. The molecule has 0 aliphatic heterocycles. The average molecular weight is 812 g/mol. The summed E-state index contributed by atoms with van der Waals surface area (Å²) in [6.45, 7) is 0. The van der Waals surface area contributed by atoms with Gasteiger partial charge in [-0.15, -0.1) is 0 Å². The highest BCUT2D eigenvalue weighted by molar-refractivity contribution is 6.11. The fraction of sp³-hybridized carbons (Fsp3) is 0.0351. The van der Waals surface area contributed by atoms with Crippen LogP contribution in [0.1, 0.15) is 18.7 Å². The Balaban J connectivity index is 0.946. The second-order valence-corrected chi connectivity index (χ2v) is 16.1. The highest BCUT2D eigenvalue weighted by Gasteiger charge is 2.18. The summed E-state index contributed by atoms with van der Waals surface area (Å²) in [4.78, 5) is 14.7. The van der Waals surface area contributed by atoms with Crippen molar-refractivity contribution in [3.8, 4) is 56.4 Å². The third-order valence-electron chi connectivity index (χ3n) is 12.2. The zero-order valence-corrected chi connectivity index (χ0v) is 34.2. The molecule has 63 heavy (non-hydrogen) atoms. The van der Waals surface area contributed by atoms with Crippen LogP contribution in [-0.4, -0.2) is 24.1 Å². The van der Waals surface area contributed by atoms with E-state index in [1.807, 2.05) is 36.4 Å². The Kier molecular flexibility index (Phi) is 8.75. The molecule has 0 radical (unpaired) electrons. The Morgan fingerprint density at radius 3 is 1.67 bits per heavy atom. The third kappa shape index (κ3) is 6.43. The van der Waals surface area contributed by atoms with Crippen molar-refractivity contribution in [2.75, 3.05) is 0 Å². The zero-order chi connectivity index (χ0) is 41.9. The standard InChI is InChI=1S/C57H38FN5/c58-44-33-42(32-43(34-44)57-60-55(38-14-4-1-5-15-38)59-56(61-57)39-16-6-2-7-17-39)41-26-30-49-47-20-10-12-22-51(47)63(54(49)36-41)46-28-24-37(25-29-46)40-27-31-53-50(35-40)48-21-11-13-23-52(48)62(53)45-18-8-3-9-19-45/h1,3-6,8-36H,2,7H2. The Morgan fingerprint density at radius 1 is 0.365 bits per heavy atom. The molecule has 0 N–H and O–H groups in total. The van der Waals surface area contributed by atoms with Crippen LogP contribution >= 0.6 is 0 Å². The van der Waals surface area contributed by atoms with Crippen LogP contribution in [0.2, 0.25) is 0 Å². The summed E-state index contributed by atoms with van der Waals surface area (Å²) in [6, 6.07) is 64.6. The number of para-hydroxylation sites is 3. The van der Waals surface area contributed by atoms with E-state index < -0.39 is 0 Å². The van der Waals surface area contributed by atoms with Crippen molar-refractivity contribution in [3.05, 3.63) is 218 Å². The van der Waals surface area contributed by atoms with Crippen molar-refractivity contribution in [1.82, 2.24) is 24.1 Å². The second-order valence-electron chi connectivity index (χ2n) is 16.1. The summed E-state index contributed by atoms with van der Waals surface area (Å²) in [6.07, 6.45) is 8.24. The monoisotopic (exact) mass is 811 g/mol. The van der Waals surface area contributed by atoms with Crippen LogP contribution in [0.3, 0.4) is 0 Å². The summed E-state index contributed by atoms with van der Waals surface area (Å²) in [5.41, 5.74) is 13.0. The number of fused-ring (bicyclic) bond motifs is 6. The fourth-order valence-corrected chi connectivity index (χ4v) is 9.25. The lowest BCUT2D eigenvalue weighted by molar-refractivity contribution is 0.628. The predicted octanol–water partition coefficient (Wildman–Crippen LogP) is 14.6. The van der Waals surface area contributed by atoms with Gasteiger partial charge >= 0.3 is 0 Å². The Labute approximate surface area is 363 Å². The van der Waals surface area contributed by atoms with E-state index in [0.717, 1.165) is 79.4 Å². The molecule has 3 heterocycles. The number of allylic oxidation sites excluding steroid dienone is 4. The van der Waals surface area contributed by atoms with Crippen LogP contribution in [0.5, 0.6) is 0 Å². The van der Waals surface area contributed by atoms with E-state index in [2.05, 4.69) is 167 Å². The summed E-state index contributed by atoms with van der Waals surface area (Å²) in [7, 11) is 0. The van der Waals surface area contributed by atoms with Crippen LogP contribution in [-0.2, 0) is 0 Å². The maximum absolute atomic E-state index is 15.8. The van der Waals surface area contributed by atoms with Gasteiger partial charge in [0.15, 0.2) is 17.5 Å². The number of hydrogen-bond acceptors (Lipinski definition) is 3. The number of halogens is 1. The van der Waals surface area contributed by atoms with Gasteiger partial charge < -0.3 is 9.13 Å². The molecule has 298 valence electrons. The molecule has 0 atom stereocenters. The van der Waals surface area contributed by atoms with Crippen molar-refractivity contribution in [3.63, 3.8) is 0 Å². The molecule has 5 nitrogen and oxygen atoms in total. The van der Waals surface area contributed by atoms with E-state index in [0.29, 0.717) is 23.0 Å². The van der Waals surface area contributed by atoms with Crippen molar-refractivity contribution >= 4 is 49.2 Å². The number of hydrogen-bond donors (Lipinski definition) is 0. The summed E-state index contributed by atoms with van der Waals surface area (Å²) in [5.74, 6) is 1.20. The first-order chi connectivity index (χ1) is 31.1. The molecular weight excluding hydrogens is 774 g/mol. The molecule has 0 spiro atoms. The van der Waals surface area contributed by atoms with E-state index in [-0.39, 0.29) is 5.82 Å². The van der Waals surface area contributed by atoms with Gasteiger partial charge in [-0.1, -0.05) is 133 Å². The van der Waals surface area contributed by atoms with Gasteiger partial charge in [-0.05, 0) is 108 Å². The molecule has 6 heteroatoms. The quantitative estimate of drug-likeness (QED) is 0.161. The minimum atomic E-state index is -0.360. The SMILES string of the molecule is Fc1cc(-c2ccc3c4ccccc4n(-c4ccc(-c5ccc6c(c5)c5ccccc5n6-c5ccccc5)cc4)c3c2)cc(-c2nc(C3=CCCC=C3)nc(-c3ccccc3)n2)c1. The average Bonchev–Trinajstić information content (AvgIpc) is 3.87. The molecule has 3 aromatic heterocycles. The highest BCUT2D eigenvalue weighted by Crippen LogP contribution is 2.38. The number of benzene rings is 8. The lowest BCUT2D eigenvalue weighted by Gasteiger charge is -2.12. The molecule has 0 fully saturated rings. The first-order valence-corrected chi connectivity index (χ1v) is 21.4. The van der Waals surface area contributed by atoms with Crippen molar-refractivity contribution in [1.29, 1.82) is 0 Å². The molecule has 0 saturated carbocycles. The van der Waals surface area contributed by atoms with E-state index in [1.165, 1.54) is 27.9 Å². The first kappa shape index (κ1) is 36.6. The highest BCUT2D eigenvalue weighted by atomic mass is 19.1. The van der Waals surface area contributed by atoms with Crippen molar-refractivity contribution < 1.29 is 4.39 Å². The minimum absolute atomic E-state index is 0.360. The lowest BCUT2D eigenvalue weighted by atomic mass is 10.0. The Bertz CT molecular complexity index is 3620. The van der Waals surface area contributed by atoms with Gasteiger partial charge in [-0.25, -0.2) is 19.3 Å². The topological polar surface area (TPSA) is 48.5 Å². The molecule has 0 bridgehead atoms. The van der Waals surface area contributed by atoms with Gasteiger partial charge in [0, 0.05) is 49.6 Å².